The van der Waals surface area contributed by atoms with Gasteiger partial charge in [0.1, 0.15) is 10.0 Å². The zero-order valence-corrected chi connectivity index (χ0v) is 13.4. The van der Waals surface area contributed by atoms with Crippen LogP contribution in [0.25, 0.3) is 0 Å². The molecular formula is C13H23N3O3S. The summed E-state index contributed by atoms with van der Waals surface area (Å²) in [5, 5.41) is 13.6. The number of hydrogen-bond acceptors (Lipinski definition) is 7. The number of carbonyl (C=O) groups is 1. The Hall–Kier alpha value is -1.05. The number of nitrogens with one attached hydrogen (secondary N) is 1. The molecule has 1 rings (SSSR count). The summed E-state index contributed by atoms with van der Waals surface area (Å²) in [6, 6.07) is 0. The summed E-state index contributed by atoms with van der Waals surface area (Å²) >= 11 is 1.60. The summed E-state index contributed by atoms with van der Waals surface area (Å²) in [7, 11) is 3.00. The molecule has 1 atom stereocenters. The van der Waals surface area contributed by atoms with Gasteiger partial charge in [0, 0.05) is 19.1 Å². The summed E-state index contributed by atoms with van der Waals surface area (Å²) in [5.74, 6) is -0.263. The smallest absolute Gasteiger partial charge is 0.307 e. The molecule has 0 saturated heterocycles. The van der Waals surface area contributed by atoms with Gasteiger partial charge in [-0.25, -0.2) is 0 Å². The predicted molar refractivity (Wildman–Crippen MR) is 77.7 cm³/mol. The molecule has 0 aliphatic carbocycles. The van der Waals surface area contributed by atoms with Gasteiger partial charge in [-0.3, -0.25) is 4.79 Å². The lowest BCUT2D eigenvalue weighted by Gasteiger charge is -2.28. The molecular weight excluding hydrogens is 278 g/mol. The van der Waals surface area contributed by atoms with Crippen LogP contribution in [-0.4, -0.2) is 42.5 Å². The number of methoxy groups -OCH3 is 2. The number of carbonyl (C=O) groups excluding carboxylic acids is 1. The standard InChI is InChI=1S/C13H23N3O3S/c1-5-6-10-15-16-11(20-10)8-14-13(2,9-18-3)7-12(17)19-4/h14H,5-9H2,1-4H3/t13-/m0/s1. The van der Waals surface area contributed by atoms with Gasteiger partial charge in [0.05, 0.1) is 26.7 Å². The highest BCUT2D eigenvalue weighted by Gasteiger charge is 2.28. The van der Waals surface area contributed by atoms with Crippen LogP contribution in [0, 0.1) is 0 Å². The van der Waals surface area contributed by atoms with Crippen molar-refractivity contribution in [2.75, 3.05) is 20.8 Å². The number of rotatable bonds is 9. The summed E-state index contributed by atoms with van der Waals surface area (Å²) in [6.45, 7) is 5.04. The average Bonchev–Trinajstić information content (AvgIpc) is 2.85. The van der Waals surface area contributed by atoms with Crippen LogP contribution in [0.1, 0.15) is 36.7 Å². The molecule has 0 saturated carbocycles. The normalized spacial score (nSPS) is 14.0. The molecule has 7 heteroatoms. The number of hydrogen-bond donors (Lipinski definition) is 1. The molecule has 114 valence electrons. The van der Waals surface area contributed by atoms with Gasteiger partial charge in [0.2, 0.25) is 0 Å². The van der Waals surface area contributed by atoms with Crippen molar-refractivity contribution in [3.63, 3.8) is 0 Å². The highest BCUT2D eigenvalue weighted by atomic mass is 32.1. The Morgan fingerprint density at radius 3 is 2.65 bits per heavy atom. The summed E-state index contributed by atoms with van der Waals surface area (Å²) < 4.78 is 9.90. The van der Waals surface area contributed by atoms with Gasteiger partial charge in [-0.15, -0.1) is 21.5 Å². The number of esters is 1. The van der Waals surface area contributed by atoms with Crippen LogP contribution < -0.4 is 5.32 Å². The van der Waals surface area contributed by atoms with E-state index in [-0.39, 0.29) is 12.4 Å². The molecule has 0 radical (unpaired) electrons. The minimum atomic E-state index is -0.474. The lowest BCUT2D eigenvalue weighted by Crippen LogP contribution is -2.47. The maximum absolute atomic E-state index is 11.5. The SMILES string of the molecule is CCCc1nnc(CN[C@](C)(COC)CC(=O)OC)s1. The Balaban J connectivity index is 2.58. The fourth-order valence-electron chi connectivity index (χ4n) is 1.84. The maximum atomic E-state index is 11.5. The molecule has 20 heavy (non-hydrogen) atoms. The zero-order valence-electron chi connectivity index (χ0n) is 12.6. The Morgan fingerprint density at radius 1 is 1.35 bits per heavy atom. The third kappa shape index (κ3) is 5.52. The lowest BCUT2D eigenvalue weighted by atomic mass is 9.99. The summed E-state index contributed by atoms with van der Waals surface area (Å²) in [6.07, 6.45) is 2.26. The third-order valence-electron chi connectivity index (χ3n) is 2.86. The van der Waals surface area contributed by atoms with Crippen molar-refractivity contribution in [2.45, 2.75) is 45.2 Å². The molecule has 0 unspecified atom stereocenters. The first-order chi connectivity index (χ1) is 9.53. The van der Waals surface area contributed by atoms with E-state index in [1.165, 1.54) is 7.11 Å². The molecule has 0 aliphatic heterocycles. The van der Waals surface area contributed by atoms with Crippen LogP contribution in [0.3, 0.4) is 0 Å². The number of aryl methyl sites for hydroxylation is 1. The monoisotopic (exact) mass is 301 g/mol. The largest absolute Gasteiger partial charge is 0.469 e. The van der Waals surface area contributed by atoms with E-state index in [4.69, 9.17) is 9.47 Å². The first kappa shape index (κ1) is 17.0. The maximum Gasteiger partial charge on any atom is 0.307 e. The van der Waals surface area contributed by atoms with Crippen molar-refractivity contribution in [2.24, 2.45) is 0 Å². The molecule has 0 aromatic carbocycles. The Labute approximate surface area is 123 Å². The number of ether oxygens (including phenoxy) is 2. The van der Waals surface area contributed by atoms with E-state index in [0.29, 0.717) is 13.2 Å². The van der Waals surface area contributed by atoms with Crippen LogP contribution in [-0.2, 0) is 27.2 Å². The number of aromatic nitrogens is 2. The second kappa shape index (κ2) is 8.28. The van der Waals surface area contributed by atoms with Crippen molar-refractivity contribution < 1.29 is 14.3 Å². The van der Waals surface area contributed by atoms with Gasteiger partial charge in [-0.1, -0.05) is 6.92 Å². The Kier molecular flexibility index (Phi) is 7.04. The van der Waals surface area contributed by atoms with Crippen LogP contribution in [0.2, 0.25) is 0 Å². The first-order valence-corrected chi connectivity index (χ1v) is 7.46. The fraction of sp³-hybridized carbons (Fsp3) is 0.769. The third-order valence-corrected chi connectivity index (χ3v) is 3.85. The van der Waals surface area contributed by atoms with E-state index in [1.54, 1.807) is 18.4 Å². The van der Waals surface area contributed by atoms with E-state index in [9.17, 15) is 4.79 Å². The first-order valence-electron chi connectivity index (χ1n) is 6.65. The molecule has 1 heterocycles. The highest BCUT2D eigenvalue weighted by Crippen LogP contribution is 2.15. The van der Waals surface area contributed by atoms with Gasteiger partial charge >= 0.3 is 5.97 Å². The highest BCUT2D eigenvalue weighted by molar-refractivity contribution is 7.11. The van der Waals surface area contributed by atoms with Gasteiger partial charge < -0.3 is 14.8 Å². The van der Waals surface area contributed by atoms with Crippen LogP contribution >= 0.6 is 11.3 Å². The zero-order chi connectivity index (χ0) is 15.0. The molecule has 0 aliphatic rings. The molecule has 0 bridgehead atoms. The number of nitrogens with zero attached hydrogens (tertiary/aromatic N) is 2. The van der Waals surface area contributed by atoms with Crippen molar-refractivity contribution in [1.29, 1.82) is 0 Å². The van der Waals surface area contributed by atoms with Gasteiger partial charge in [-0.2, -0.15) is 0 Å². The summed E-state index contributed by atoms with van der Waals surface area (Å²) in [4.78, 5) is 11.5. The van der Waals surface area contributed by atoms with Crippen LogP contribution in [0.5, 0.6) is 0 Å². The van der Waals surface area contributed by atoms with Gasteiger partial charge in [-0.05, 0) is 13.3 Å². The van der Waals surface area contributed by atoms with E-state index >= 15 is 0 Å². The molecule has 1 N–H and O–H groups in total. The second-order valence-corrected chi connectivity index (χ2v) is 6.09. The Morgan fingerprint density at radius 2 is 2.05 bits per heavy atom. The molecule has 0 amide bonds. The minimum Gasteiger partial charge on any atom is -0.469 e. The van der Waals surface area contributed by atoms with Crippen LogP contribution in [0.4, 0.5) is 0 Å². The lowest BCUT2D eigenvalue weighted by molar-refractivity contribution is -0.142. The van der Waals surface area contributed by atoms with Gasteiger partial charge in [0.15, 0.2) is 0 Å². The molecule has 0 spiro atoms. The topological polar surface area (TPSA) is 73.3 Å². The van der Waals surface area contributed by atoms with E-state index < -0.39 is 5.54 Å². The fourth-order valence-corrected chi connectivity index (χ4v) is 2.72. The minimum absolute atomic E-state index is 0.248. The average molecular weight is 301 g/mol. The van der Waals surface area contributed by atoms with Crippen molar-refractivity contribution in [3.8, 4) is 0 Å². The van der Waals surface area contributed by atoms with Gasteiger partial charge in [0.25, 0.3) is 0 Å². The van der Waals surface area contributed by atoms with E-state index in [1.807, 2.05) is 6.92 Å². The van der Waals surface area contributed by atoms with Crippen molar-refractivity contribution in [3.05, 3.63) is 10.0 Å². The molecule has 1 aromatic heterocycles. The molecule has 1 aromatic rings. The predicted octanol–water partition coefficient (Wildman–Crippen LogP) is 1.55. The van der Waals surface area contributed by atoms with Crippen molar-refractivity contribution in [1.82, 2.24) is 15.5 Å². The molecule has 0 fully saturated rings. The molecule has 6 nitrogen and oxygen atoms in total. The summed E-state index contributed by atoms with van der Waals surface area (Å²) in [5.41, 5.74) is -0.474. The van der Waals surface area contributed by atoms with Crippen LogP contribution in [0.15, 0.2) is 0 Å². The van der Waals surface area contributed by atoms with E-state index in [2.05, 4.69) is 22.4 Å². The second-order valence-electron chi connectivity index (χ2n) is 4.94. The Bertz CT molecular complexity index is 425. The van der Waals surface area contributed by atoms with E-state index in [0.717, 1.165) is 22.9 Å². The van der Waals surface area contributed by atoms with Crippen molar-refractivity contribution >= 4 is 17.3 Å². The quantitative estimate of drug-likeness (QED) is 0.698.